The molecule has 9 heteroatoms. The minimum Gasteiger partial charge on any atom is -0.292 e. The number of anilines is 1. The molecule has 0 saturated heterocycles. The Bertz CT molecular complexity index is 561. The molecule has 3 N–H and O–H groups in total. The molecule has 0 amide bonds. The van der Waals surface area contributed by atoms with Gasteiger partial charge in [0, 0.05) is 12.3 Å². The zero-order chi connectivity index (χ0) is 13.9. The fraction of sp³-hybridized carbons (Fsp3) is 0.100. The largest absolute Gasteiger partial charge is 0.433 e. The van der Waals surface area contributed by atoms with Crippen LogP contribution < -0.4 is 11.3 Å². The molecule has 2 aromatic heterocycles. The smallest absolute Gasteiger partial charge is 0.292 e. The molecule has 100 valence electrons. The van der Waals surface area contributed by atoms with Gasteiger partial charge in [-0.1, -0.05) is 6.07 Å². The van der Waals surface area contributed by atoms with Gasteiger partial charge in [-0.25, -0.2) is 20.8 Å². The van der Waals surface area contributed by atoms with E-state index in [4.69, 9.17) is 5.84 Å². The van der Waals surface area contributed by atoms with Crippen LogP contribution in [0.4, 0.5) is 19.1 Å². The Labute approximate surface area is 110 Å². The van der Waals surface area contributed by atoms with E-state index in [1.807, 2.05) is 5.43 Å². The van der Waals surface area contributed by atoms with E-state index in [-0.39, 0.29) is 11.0 Å². The average Bonchev–Trinajstić information content (AvgIpc) is 2.38. The van der Waals surface area contributed by atoms with E-state index in [2.05, 4.69) is 15.0 Å². The number of nitrogens with two attached hydrogens (primary N) is 1. The maximum atomic E-state index is 12.6. The Morgan fingerprint density at radius 2 is 1.95 bits per heavy atom. The Hall–Kier alpha value is -1.87. The van der Waals surface area contributed by atoms with E-state index in [0.29, 0.717) is 5.03 Å². The van der Waals surface area contributed by atoms with E-state index in [1.54, 1.807) is 18.2 Å². The van der Waals surface area contributed by atoms with Gasteiger partial charge in [0.05, 0.1) is 0 Å². The molecule has 0 spiro atoms. The monoisotopic (exact) mass is 287 g/mol. The summed E-state index contributed by atoms with van der Waals surface area (Å²) in [5.74, 6) is 4.76. The number of rotatable bonds is 3. The molecule has 0 bridgehead atoms. The van der Waals surface area contributed by atoms with Gasteiger partial charge >= 0.3 is 6.18 Å². The van der Waals surface area contributed by atoms with Crippen molar-refractivity contribution in [3.8, 4) is 0 Å². The van der Waals surface area contributed by atoms with Crippen LogP contribution in [0, 0.1) is 0 Å². The van der Waals surface area contributed by atoms with E-state index >= 15 is 0 Å². The summed E-state index contributed by atoms with van der Waals surface area (Å²) in [6.07, 6.45) is -3.02. The van der Waals surface area contributed by atoms with Crippen LogP contribution in [0.2, 0.25) is 0 Å². The summed E-state index contributed by atoms with van der Waals surface area (Å²) in [7, 11) is 0. The topological polar surface area (TPSA) is 76.7 Å². The maximum Gasteiger partial charge on any atom is 0.433 e. The number of pyridine rings is 1. The Kier molecular flexibility index (Phi) is 3.86. The van der Waals surface area contributed by atoms with Crippen LogP contribution in [0.25, 0.3) is 0 Å². The summed E-state index contributed by atoms with van der Waals surface area (Å²) >= 11 is 0.990. The zero-order valence-corrected chi connectivity index (χ0v) is 10.2. The number of alkyl halides is 3. The molecule has 0 aliphatic heterocycles. The number of nitrogens with one attached hydrogen (secondary N) is 1. The minimum absolute atomic E-state index is 0.106. The highest BCUT2D eigenvalue weighted by Crippen LogP contribution is 2.32. The van der Waals surface area contributed by atoms with Crippen molar-refractivity contribution in [2.24, 2.45) is 5.84 Å². The van der Waals surface area contributed by atoms with Crippen LogP contribution in [0.5, 0.6) is 0 Å². The average molecular weight is 287 g/mol. The highest BCUT2D eigenvalue weighted by Gasteiger charge is 2.33. The van der Waals surface area contributed by atoms with Crippen LogP contribution in [-0.2, 0) is 6.18 Å². The predicted molar refractivity (Wildman–Crippen MR) is 63.2 cm³/mol. The van der Waals surface area contributed by atoms with Crippen molar-refractivity contribution in [2.75, 3.05) is 5.43 Å². The number of nitrogens with zero attached hydrogens (tertiary/aromatic N) is 3. The molecule has 0 aliphatic carbocycles. The van der Waals surface area contributed by atoms with Crippen molar-refractivity contribution >= 4 is 17.7 Å². The van der Waals surface area contributed by atoms with Gasteiger partial charge in [0.2, 0.25) is 5.95 Å². The fourth-order valence-corrected chi connectivity index (χ4v) is 1.98. The molecule has 0 radical (unpaired) electrons. The third-order valence-electron chi connectivity index (χ3n) is 1.97. The Morgan fingerprint density at radius 3 is 2.53 bits per heavy atom. The molecule has 2 rings (SSSR count). The highest BCUT2D eigenvalue weighted by atomic mass is 32.2. The summed E-state index contributed by atoms with van der Waals surface area (Å²) in [4.78, 5) is 11.1. The molecule has 5 nitrogen and oxygen atoms in total. The summed E-state index contributed by atoms with van der Waals surface area (Å²) < 4.78 is 37.9. The molecule has 0 saturated carbocycles. The normalized spacial score (nSPS) is 11.4. The van der Waals surface area contributed by atoms with Gasteiger partial charge < -0.3 is 0 Å². The first kappa shape index (κ1) is 13.6. The van der Waals surface area contributed by atoms with Crippen molar-refractivity contribution < 1.29 is 13.2 Å². The van der Waals surface area contributed by atoms with E-state index < -0.39 is 11.9 Å². The summed E-state index contributed by atoms with van der Waals surface area (Å²) in [5.41, 5.74) is 0.948. The molecule has 19 heavy (non-hydrogen) atoms. The lowest BCUT2D eigenvalue weighted by atomic mass is 10.4. The summed E-state index contributed by atoms with van der Waals surface area (Å²) in [5, 5.41) is 0.631. The molecule has 2 heterocycles. The molecule has 0 aromatic carbocycles. The fourth-order valence-electron chi connectivity index (χ4n) is 1.20. The lowest BCUT2D eigenvalue weighted by Crippen LogP contribution is -2.15. The van der Waals surface area contributed by atoms with Crippen LogP contribution in [0.3, 0.4) is 0 Å². The SMILES string of the molecule is NNc1nc(Sc2ccccn2)cc(C(F)(F)F)n1. The number of hydrogen-bond donors (Lipinski definition) is 2. The van der Waals surface area contributed by atoms with Gasteiger partial charge in [-0.15, -0.1) is 0 Å². The number of nitrogen functional groups attached to an aromatic ring is 1. The molecule has 0 fully saturated rings. The van der Waals surface area contributed by atoms with Crippen molar-refractivity contribution in [3.05, 3.63) is 36.2 Å². The molecule has 0 aliphatic rings. The first-order chi connectivity index (χ1) is 8.99. The standard InChI is InChI=1S/C10H8F3N5S/c11-10(12,13)6-5-8(17-9(16-6)18-14)19-7-3-1-2-4-15-7/h1-5H,14H2,(H,16,17,18). The van der Waals surface area contributed by atoms with E-state index in [1.165, 1.54) is 6.20 Å². The van der Waals surface area contributed by atoms with Crippen LogP contribution in [-0.4, -0.2) is 15.0 Å². The lowest BCUT2D eigenvalue weighted by Gasteiger charge is -2.09. The second kappa shape index (κ2) is 5.41. The molecule has 0 atom stereocenters. The number of halogens is 3. The van der Waals surface area contributed by atoms with Crippen molar-refractivity contribution in [1.82, 2.24) is 15.0 Å². The second-order valence-electron chi connectivity index (χ2n) is 3.33. The molecular weight excluding hydrogens is 279 g/mol. The summed E-state index contributed by atoms with van der Waals surface area (Å²) in [6.45, 7) is 0. The second-order valence-corrected chi connectivity index (χ2v) is 4.37. The van der Waals surface area contributed by atoms with Crippen LogP contribution >= 0.6 is 11.8 Å². The lowest BCUT2D eigenvalue weighted by molar-refractivity contribution is -0.141. The van der Waals surface area contributed by atoms with Crippen molar-refractivity contribution in [3.63, 3.8) is 0 Å². The van der Waals surface area contributed by atoms with E-state index in [9.17, 15) is 13.2 Å². The molecule has 0 unspecified atom stereocenters. The third-order valence-corrected chi connectivity index (χ3v) is 2.84. The van der Waals surface area contributed by atoms with Gasteiger partial charge in [-0.05, 0) is 23.9 Å². The van der Waals surface area contributed by atoms with Gasteiger partial charge in [0.1, 0.15) is 10.1 Å². The minimum atomic E-state index is -4.56. The van der Waals surface area contributed by atoms with Gasteiger partial charge in [-0.2, -0.15) is 13.2 Å². The van der Waals surface area contributed by atoms with Gasteiger partial charge in [-0.3, -0.25) is 5.43 Å². The quantitative estimate of drug-likeness (QED) is 0.512. The summed E-state index contributed by atoms with van der Waals surface area (Å²) in [6, 6.07) is 5.94. The Balaban J connectivity index is 2.35. The zero-order valence-electron chi connectivity index (χ0n) is 9.35. The predicted octanol–water partition coefficient (Wildman–Crippen LogP) is 2.33. The van der Waals surface area contributed by atoms with Gasteiger partial charge in [0.25, 0.3) is 0 Å². The van der Waals surface area contributed by atoms with Crippen molar-refractivity contribution in [2.45, 2.75) is 16.2 Å². The third kappa shape index (κ3) is 3.55. The number of hydrogen-bond acceptors (Lipinski definition) is 6. The maximum absolute atomic E-state index is 12.6. The first-order valence-electron chi connectivity index (χ1n) is 5.01. The van der Waals surface area contributed by atoms with Crippen molar-refractivity contribution in [1.29, 1.82) is 0 Å². The first-order valence-corrected chi connectivity index (χ1v) is 5.82. The van der Waals surface area contributed by atoms with E-state index in [0.717, 1.165) is 17.8 Å². The highest BCUT2D eigenvalue weighted by molar-refractivity contribution is 7.99. The molecular formula is C10H8F3N5S. The number of hydrazine groups is 1. The number of aromatic nitrogens is 3. The molecule has 2 aromatic rings. The Morgan fingerprint density at radius 1 is 1.16 bits per heavy atom. The van der Waals surface area contributed by atoms with Crippen LogP contribution in [0.15, 0.2) is 40.5 Å². The van der Waals surface area contributed by atoms with Gasteiger partial charge in [0.15, 0.2) is 5.69 Å². The van der Waals surface area contributed by atoms with Crippen LogP contribution in [0.1, 0.15) is 5.69 Å².